The second-order valence-corrected chi connectivity index (χ2v) is 6.98. The fraction of sp³-hybridized carbons (Fsp3) is 0.579. The molecule has 1 aromatic carbocycles. The zero-order valence-electron chi connectivity index (χ0n) is 14.6. The zero-order valence-corrected chi connectivity index (χ0v) is 14.6. The van der Waals surface area contributed by atoms with Gasteiger partial charge < -0.3 is 15.2 Å². The van der Waals surface area contributed by atoms with Crippen LogP contribution in [0.15, 0.2) is 24.3 Å². The quantitative estimate of drug-likeness (QED) is 0.839. The molecule has 0 bridgehead atoms. The first kappa shape index (κ1) is 18.5. The number of hydrogen-bond acceptors (Lipinski definition) is 3. The predicted octanol–water partition coefficient (Wildman–Crippen LogP) is 3.08. The van der Waals surface area contributed by atoms with E-state index in [9.17, 15) is 14.7 Å². The van der Waals surface area contributed by atoms with Gasteiger partial charge in [0, 0.05) is 6.61 Å². The third-order valence-corrected chi connectivity index (χ3v) is 4.39. The van der Waals surface area contributed by atoms with Crippen molar-refractivity contribution in [3.8, 4) is 0 Å². The number of aryl methyl sites for hydroxylation is 1. The van der Waals surface area contributed by atoms with Crippen molar-refractivity contribution in [2.24, 2.45) is 11.8 Å². The van der Waals surface area contributed by atoms with Crippen molar-refractivity contribution in [2.45, 2.75) is 52.2 Å². The Morgan fingerprint density at radius 3 is 2.54 bits per heavy atom. The number of aliphatic carboxylic acids is 1. The molecule has 3 atom stereocenters. The summed E-state index contributed by atoms with van der Waals surface area (Å²) in [5.41, 5.74) is 2.12. The summed E-state index contributed by atoms with van der Waals surface area (Å²) in [4.78, 5) is 24.1. The maximum absolute atomic E-state index is 12.7. The second kappa shape index (κ2) is 8.29. The summed E-state index contributed by atoms with van der Waals surface area (Å²) >= 11 is 0. The smallest absolute Gasteiger partial charge is 0.326 e. The minimum atomic E-state index is -0.985. The number of nitrogens with one attached hydrogen (secondary N) is 1. The van der Waals surface area contributed by atoms with E-state index in [4.69, 9.17) is 4.74 Å². The average Bonchev–Trinajstić information content (AvgIpc) is 2.54. The Bertz CT molecular complexity index is 567. The monoisotopic (exact) mass is 333 g/mol. The number of carbonyl (C=O) groups excluding carboxylic acids is 1. The highest BCUT2D eigenvalue weighted by atomic mass is 16.5. The number of rotatable bonds is 6. The third kappa shape index (κ3) is 4.81. The Balaban J connectivity index is 2.12. The SMILES string of the molecule is Cc1ccc(C2OCCCC2C(=O)N[C@H](CC(C)C)C(=O)O)cc1. The molecule has 0 spiro atoms. The number of amides is 1. The Hall–Kier alpha value is -1.88. The van der Waals surface area contributed by atoms with E-state index in [-0.39, 0.29) is 23.8 Å². The molecule has 1 heterocycles. The molecule has 1 fully saturated rings. The number of carbonyl (C=O) groups is 2. The van der Waals surface area contributed by atoms with E-state index in [1.165, 1.54) is 0 Å². The minimum absolute atomic E-state index is 0.196. The first-order valence-corrected chi connectivity index (χ1v) is 8.60. The van der Waals surface area contributed by atoms with Crippen LogP contribution in [0.5, 0.6) is 0 Å². The largest absolute Gasteiger partial charge is 0.480 e. The fourth-order valence-electron chi connectivity index (χ4n) is 3.11. The average molecular weight is 333 g/mol. The van der Waals surface area contributed by atoms with Gasteiger partial charge in [0.1, 0.15) is 6.04 Å². The van der Waals surface area contributed by atoms with E-state index in [1.807, 2.05) is 45.0 Å². The lowest BCUT2D eigenvalue weighted by Gasteiger charge is -2.32. The molecular formula is C19H27NO4. The molecule has 1 aliphatic heterocycles. The van der Waals surface area contributed by atoms with E-state index in [1.54, 1.807) is 0 Å². The normalized spacial score (nSPS) is 22.2. The molecular weight excluding hydrogens is 306 g/mol. The van der Waals surface area contributed by atoms with Crippen molar-refractivity contribution in [3.63, 3.8) is 0 Å². The predicted molar refractivity (Wildman–Crippen MR) is 91.6 cm³/mol. The van der Waals surface area contributed by atoms with Gasteiger partial charge in [-0.1, -0.05) is 43.7 Å². The van der Waals surface area contributed by atoms with Crippen LogP contribution in [0.4, 0.5) is 0 Å². The maximum Gasteiger partial charge on any atom is 0.326 e. The number of carboxylic acid groups (broad SMARTS) is 1. The lowest BCUT2D eigenvalue weighted by molar-refractivity contribution is -0.145. The molecule has 1 aromatic rings. The van der Waals surface area contributed by atoms with Gasteiger partial charge in [-0.3, -0.25) is 4.79 Å². The third-order valence-electron chi connectivity index (χ3n) is 4.39. The van der Waals surface area contributed by atoms with Gasteiger partial charge >= 0.3 is 5.97 Å². The molecule has 2 N–H and O–H groups in total. The lowest BCUT2D eigenvalue weighted by Crippen LogP contribution is -2.46. The second-order valence-electron chi connectivity index (χ2n) is 6.98. The van der Waals surface area contributed by atoms with E-state index in [0.29, 0.717) is 19.4 Å². The fourth-order valence-corrected chi connectivity index (χ4v) is 3.11. The van der Waals surface area contributed by atoms with Crippen LogP contribution < -0.4 is 5.32 Å². The molecule has 0 aromatic heterocycles. The van der Waals surface area contributed by atoms with Crippen molar-refractivity contribution in [1.29, 1.82) is 0 Å². The topological polar surface area (TPSA) is 75.6 Å². The molecule has 1 saturated heterocycles. The van der Waals surface area contributed by atoms with E-state index in [2.05, 4.69) is 5.32 Å². The van der Waals surface area contributed by atoms with E-state index < -0.39 is 12.0 Å². The molecule has 5 nitrogen and oxygen atoms in total. The summed E-state index contributed by atoms with van der Waals surface area (Å²) in [6, 6.07) is 7.11. The van der Waals surface area contributed by atoms with Gasteiger partial charge in [0.15, 0.2) is 0 Å². The molecule has 1 amide bonds. The summed E-state index contributed by atoms with van der Waals surface area (Å²) in [6.45, 7) is 6.53. The van der Waals surface area contributed by atoms with E-state index in [0.717, 1.165) is 17.5 Å². The Morgan fingerprint density at radius 2 is 1.96 bits per heavy atom. The van der Waals surface area contributed by atoms with E-state index >= 15 is 0 Å². The molecule has 5 heteroatoms. The Kier molecular flexibility index (Phi) is 6.37. The zero-order chi connectivity index (χ0) is 17.7. The summed E-state index contributed by atoms with van der Waals surface area (Å²) in [6.07, 6.45) is 1.62. The standard InChI is InChI=1S/C19H27NO4/c1-12(2)11-16(19(22)23)20-18(21)15-5-4-10-24-17(15)14-8-6-13(3)7-9-14/h6-9,12,15-17H,4-5,10-11H2,1-3H3,(H,20,21)(H,22,23)/t15?,16-,17?/m1/s1. The van der Waals surface area contributed by atoms with Crippen LogP contribution in [-0.4, -0.2) is 29.6 Å². The summed E-state index contributed by atoms with van der Waals surface area (Å²) < 4.78 is 5.85. The van der Waals surface area contributed by atoms with Gasteiger partial charge in [-0.2, -0.15) is 0 Å². The highest BCUT2D eigenvalue weighted by Crippen LogP contribution is 2.34. The molecule has 0 saturated carbocycles. The van der Waals surface area contributed by atoms with Crippen LogP contribution in [0.1, 0.15) is 50.3 Å². The van der Waals surface area contributed by atoms with Crippen molar-refractivity contribution < 1.29 is 19.4 Å². The van der Waals surface area contributed by atoms with Gasteiger partial charge in [-0.25, -0.2) is 4.79 Å². The summed E-state index contributed by atoms with van der Waals surface area (Å²) in [7, 11) is 0. The number of benzene rings is 1. The van der Waals surface area contributed by atoms with Crippen LogP contribution in [0.2, 0.25) is 0 Å². The number of hydrogen-bond donors (Lipinski definition) is 2. The maximum atomic E-state index is 12.7. The van der Waals surface area contributed by atoms with Gasteiger partial charge in [0.2, 0.25) is 5.91 Å². The molecule has 2 unspecified atom stereocenters. The van der Waals surface area contributed by atoms with Crippen LogP contribution in [0.3, 0.4) is 0 Å². The van der Waals surface area contributed by atoms with Crippen LogP contribution in [-0.2, 0) is 14.3 Å². The number of ether oxygens (including phenoxy) is 1. The Labute approximate surface area is 143 Å². The minimum Gasteiger partial charge on any atom is -0.480 e. The van der Waals surface area contributed by atoms with Gasteiger partial charge in [-0.05, 0) is 37.7 Å². The first-order chi connectivity index (χ1) is 11.4. The van der Waals surface area contributed by atoms with Gasteiger partial charge in [0.05, 0.1) is 12.0 Å². The first-order valence-electron chi connectivity index (χ1n) is 8.60. The highest BCUT2D eigenvalue weighted by molar-refractivity contribution is 5.85. The van der Waals surface area contributed by atoms with Crippen molar-refractivity contribution >= 4 is 11.9 Å². The van der Waals surface area contributed by atoms with Crippen LogP contribution in [0, 0.1) is 18.8 Å². The van der Waals surface area contributed by atoms with Crippen molar-refractivity contribution in [3.05, 3.63) is 35.4 Å². The van der Waals surface area contributed by atoms with Crippen molar-refractivity contribution in [2.75, 3.05) is 6.61 Å². The molecule has 0 aliphatic carbocycles. The van der Waals surface area contributed by atoms with Gasteiger partial charge in [-0.15, -0.1) is 0 Å². The molecule has 132 valence electrons. The number of carboxylic acids is 1. The van der Waals surface area contributed by atoms with Gasteiger partial charge in [0.25, 0.3) is 0 Å². The molecule has 1 aliphatic rings. The lowest BCUT2D eigenvalue weighted by atomic mass is 9.88. The Morgan fingerprint density at radius 1 is 1.29 bits per heavy atom. The highest BCUT2D eigenvalue weighted by Gasteiger charge is 2.35. The molecule has 2 rings (SSSR count). The molecule has 0 radical (unpaired) electrons. The van der Waals surface area contributed by atoms with Crippen LogP contribution in [0.25, 0.3) is 0 Å². The summed E-state index contributed by atoms with van der Waals surface area (Å²) in [5, 5.41) is 12.0. The molecule has 24 heavy (non-hydrogen) atoms. The summed E-state index contributed by atoms with van der Waals surface area (Å²) in [5.74, 6) is -1.37. The van der Waals surface area contributed by atoms with Crippen LogP contribution >= 0.6 is 0 Å². The van der Waals surface area contributed by atoms with Crippen molar-refractivity contribution in [1.82, 2.24) is 5.32 Å².